The highest BCUT2D eigenvalue weighted by Gasteiger charge is 2.25. The molecule has 0 amide bonds. The Hall–Kier alpha value is -3.16. The van der Waals surface area contributed by atoms with Gasteiger partial charge < -0.3 is 9.64 Å². The Morgan fingerprint density at radius 3 is 2.75 bits per heavy atom. The van der Waals surface area contributed by atoms with Crippen LogP contribution in [0.25, 0.3) is 22.3 Å². The van der Waals surface area contributed by atoms with E-state index in [9.17, 15) is 4.39 Å². The number of nitrogens with zero attached hydrogens (tertiary/aromatic N) is 5. The van der Waals surface area contributed by atoms with E-state index in [0.717, 1.165) is 17.0 Å². The van der Waals surface area contributed by atoms with Gasteiger partial charge in [0.05, 0.1) is 17.8 Å². The zero-order chi connectivity index (χ0) is 22.2. The van der Waals surface area contributed by atoms with Crippen LogP contribution in [0.3, 0.4) is 0 Å². The molecular weight excluding hydrogens is 429 g/mol. The first-order chi connectivity index (χ1) is 15.5. The van der Waals surface area contributed by atoms with Crippen molar-refractivity contribution in [3.8, 4) is 11.3 Å². The van der Waals surface area contributed by atoms with Gasteiger partial charge in [0.2, 0.25) is 0 Å². The molecule has 5 rings (SSSR count). The predicted octanol–water partition coefficient (Wildman–Crippen LogP) is 5.07. The summed E-state index contributed by atoms with van der Waals surface area (Å²) >= 11 is 5.97. The smallest absolute Gasteiger partial charge is 0.134 e. The lowest BCUT2D eigenvalue weighted by Crippen LogP contribution is -2.39. The van der Waals surface area contributed by atoms with E-state index in [1.165, 1.54) is 6.07 Å². The van der Waals surface area contributed by atoms with Gasteiger partial charge in [-0.25, -0.2) is 14.4 Å². The molecule has 1 atom stereocenters. The first-order valence-electron chi connectivity index (χ1n) is 10.4. The number of aromatic nitrogens is 4. The van der Waals surface area contributed by atoms with Gasteiger partial charge in [-0.15, -0.1) is 0 Å². The standard InChI is InChI=1S/C24H21ClFN5O/c1-14-9-16(5-6-27-14)21-13-31(7-8-32-21)22-11-20-24(28-12-15(2)29-20)23(30-22)18-4-3-17(25)10-19(18)26/h3-6,9-12,21H,7-8,13H2,1-2H3. The molecule has 0 aliphatic carbocycles. The summed E-state index contributed by atoms with van der Waals surface area (Å²) in [6, 6.07) is 10.5. The van der Waals surface area contributed by atoms with Crippen LogP contribution in [0.15, 0.2) is 48.8 Å². The molecule has 4 heterocycles. The third-order valence-electron chi connectivity index (χ3n) is 5.51. The first kappa shape index (κ1) is 20.7. The molecule has 0 radical (unpaired) electrons. The Kier molecular flexibility index (Phi) is 5.45. The van der Waals surface area contributed by atoms with Crippen LogP contribution >= 0.6 is 11.6 Å². The maximum atomic E-state index is 14.8. The highest BCUT2D eigenvalue weighted by molar-refractivity contribution is 6.30. The van der Waals surface area contributed by atoms with Crippen molar-refractivity contribution in [2.45, 2.75) is 20.0 Å². The number of pyridine rings is 2. The molecule has 0 saturated carbocycles. The van der Waals surface area contributed by atoms with E-state index >= 15 is 0 Å². The summed E-state index contributed by atoms with van der Waals surface area (Å²) < 4.78 is 20.9. The van der Waals surface area contributed by atoms with E-state index < -0.39 is 5.82 Å². The van der Waals surface area contributed by atoms with E-state index in [4.69, 9.17) is 21.3 Å². The van der Waals surface area contributed by atoms with Gasteiger partial charge in [-0.05, 0) is 49.7 Å². The van der Waals surface area contributed by atoms with Crippen molar-refractivity contribution in [2.75, 3.05) is 24.6 Å². The lowest BCUT2D eigenvalue weighted by Gasteiger charge is -2.34. The van der Waals surface area contributed by atoms with E-state index in [1.807, 2.05) is 32.0 Å². The van der Waals surface area contributed by atoms with Gasteiger partial charge in [-0.1, -0.05) is 11.6 Å². The normalized spacial score (nSPS) is 16.5. The van der Waals surface area contributed by atoms with E-state index in [0.29, 0.717) is 52.8 Å². The second-order valence-electron chi connectivity index (χ2n) is 7.87. The molecule has 8 heteroatoms. The van der Waals surface area contributed by atoms with Crippen LogP contribution < -0.4 is 4.90 Å². The highest BCUT2D eigenvalue weighted by atomic mass is 35.5. The largest absolute Gasteiger partial charge is 0.370 e. The van der Waals surface area contributed by atoms with Crippen LogP contribution in [0.1, 0.15) is 23.1 Å². The number of anilines is 1. The highest BCUT2D eigenvalue weighted by Crippen LogP contribution is 2.33. The van der Waals surface area contributed by atoms with Crippen molar-refractivity contribution in [1.82, 2.24) is 19.9 Å². The number of ether oxygens (including phenoxy) is 1. The molecule has 1 unspecified atom stereocenters. The maximum absolute atomic E-state index is 14.8. The number of rotatable bonds is 3. The Balaban J connectivity index is 1.59. The van der Waals surface area contributed by atoms with Crippen molar-refractivity contribution in [1.29, 1.82) is 0 Å². The van der Waals surface area contributed by atoms with Gasteiger partial charge in [0.15, 0.2) is 0 Å². The van der Waals surface area contributed by atoms with Gasteiger partial charge >= 0.3 is 0 Å². The molecule has 0 bridgehead atoms. The number of morpholine rings is 1. The first-order valence-corrected chi connectivity index (χ1v) is 10.7. The summed E-state index contributed by atoms with van der Waals surface area (Å²) in [7, 11) is 0. The third kappa shape index (κ3) is 4.01. The van der Waals surface area contributed by atoms with Gasteiger partial charge in [-0.2, -0.15) is 0 Å². The maximum Gasteiger partial charge on any atom is 0.134 e. The number of halogens is 2. The molecule has 6 nitrogen and oxygen atoms in total. The van der Waals surface area contributed by atoms with Crippen LogP contribution in [0.2, 0.25) is 5.02 Å². The lowest BCUT2D eigenvalue weighted by molar-refractivity contribution is 0.0394. The number of hydrogen-bond donors (Lipinski definition) is 0. The fourth-order valence-corrected chi connectivity index (χ4v) is 4.12. The molecule has 4 aromatic rings. The molecule has 1 saturated heterocycles. The molecular formula is C24H21ClFN5O. The van der Waals surface area contributed by atoms with Crippen LogP contribution in [0.4, 0.5) is 10.2 Å². The molecule has 3 aromatic heterocycles. The van der Waals surface area contributed by atoms with Gasteiger partial charge in [0.25, 0.3) is 0 Å². The predicted molar refractivity (Wildman–Crippen MR) is 122 cm³/mol. The Morgan fingerprint density at radius 1 is 1.06 bits per heavy atom. The Bertz CT molecular complexity index is 1320. The van der Waals surface area contributed by atoms with Crippen molar-refractivity contribution in [2.24, 2.45) is 0 Å². The minimum atomic E-state index is -0.446. The average Bonchev–Trinajstić information content (AvgIpc) is 2.78. The summed E-state index contributed by atoms with van der Waals surface area (Å²) in [6.07, 6.45) is 3.35. The topological polar surface area (TPSA) is 64.0 Å². The zero-order valence-electron chi connectivity index (χ0n) is 17.7. The van der Waals surface area contributed by atoms with Crippen molar-refractivity contribution in [3.05, 3.63) is 76.6 Å². The van der Waals surface area contributed by atoms with Crippen molar-refractivity contribution in [3.63, 3.8) is 0 Å². The summed E-state index contributed by atoms with van der Waals surface area (Å²) in [5, 5.41) is 0.331. The minimum Gasteiger partial charge on any atom is -0.370 e. The summed E-state index contributed by atoms with van der Waals surface area (Å²) in [5.41, 5.74) is 4.80. The summed E-state index contributed by atoms with van der Waals surface area (Å²) in [4.78, 5) is 20.4. The van der Waals surface area contributed by atoms with Crippen LogP contribution in [-0.2, 0) is 4.74 Å². The summed E-state index contributed by atoms with van der Waals surface area (Å²) in [5.74, 6) is 0.263. The SMILES string of the molecule is Cc1cc(C2CN(c3cc4nc(C)cnc4c(-c4ccc(Cl)cc4F)n3)CCO2)ccn1. The van der Waals surface area contributed by atoms with Crippen LogP contribution in [-0.4, -0.2) is 39.6 Å². The van der Waals surface area contributed by atoms with Crippen LogP contribution in [0, 0.1) is 19.7 Å². The van der Waals surface area contributed by atoms with E-state index in [1.54, 1.807) is 24.5 Å². The second kappa shape index (κ2) is 8.41. The number of aryl methyl sites for hydroxylation is 2. The molecule has 1 aliphatic rings. The molecule has 32 heavy (non-hydrogen) atoms. The van der Waals surface area contributed by atoms with E-state index in [2.05, 4.69) is 19.9 Å². The molecule has 0 N–H and O–H groups in total. The number of hydrogen-bond acceptors (Lipinski definition) is 6. The molecule has 0 spiro atoms. The quantitative estimate of drug-likeness (QED) is 0.435. The second-order valence-corrected chi connectivity index (χ2v) is 8.30. The Labute approximate surface area is 190 Å². The van der Waals surface area contributed by atoms with Gasteiger partial charge in [0, 0.05) is 47.8 Å². The number of benzene rings is 1. The third-order valence-corrected chi connectivity index (χ3v) is 5.74. The van der Waals surface area contributed by atoms with Crippen molar-refractivity contribution >= 4 is 28.5 Å². The van der Waals surface area contributed by atoms with Crippen molar-refractivity contribution < 1.29 is 9.13 Å². The summed E-state index contributed by atoms with van der Waals surface area (Å²) in [6.45, 7) is 5.68. The monoisotopic (exact) mass is 449 g/mol. The molecule has 162 valence electrons. The van der Waals surface area contributed by atoms with Crippen LogP contribution in [0.5, 0.6) is 0 Å². The fraction of sp³-hybridized carbons (Fsp3) is 0.250. The fourth-order valence-electron chi connectivity index (χ4n) is 3.96. The lowest BCUT2D eigenvalue weighted by atomic mass is 10.1. The number of fused-ring (bicyclic) bond motifs is 1. The Morgan fingerprint density at radius 2 is 1.94 bits per heavy atom. The van der Waals surface area contributed by atoms with Gasteiger partial charge in [-0.3, -0.25) is 9.97 Å². The molecule has 1 aliphatic heterocycles. The van der Waals surface area contributed by atoms with Gasteiger partial charge in [0.1, 0.15) is 28.9 Å². The average molecular weight is 450 g/mol. The molecule has 1 fully saturated rings. The zero-order valence-corrected chi connectivity index (χ0v) is 18.5. The molecule has 1 aromatic carbocycles. The van der Waals surface area contributed by atoms with E-state index in [-0.39, 0.29) is 6.10 Å². The minimum absolute atomic E-state index is 0.109.